The van der Waals surface area contributed by atoms with Gasteiger partial charge in [0.15, 0.2) is 0 Å². The number of nitrogens with one attached hydrogen (secondary N) is 1. The first-order valence-electron chi connectivity index (χ1n) is 5.66. The van der Waals surface area contributed by atoms with Crippen molar-refractivity contribution >= 4 is 0 Å². The molecule has 0 radical (unpaired) electrons. The average Bonchev–Trinajstić information content (AvgIpc) is 2.77. The Balaban J connectivity index is 2.22. The van der Waals surface area contributed by atoms with Crippen LogP contribution in [0.15, 0.2) is 41.0 Å². The SMILES string of the molecule is CNC(Cc1ccco1)c1cc(C)cc(F)c1. The van der Waals surface area contributed by atoms with Crippen molar-refractivity contribution in [2.75, 3.05) is 7.05 Å². The molecule has 1 atom stereocenters. The van der Waals surface area contributed by atoms with Crippen molar-refractivity contribution in [2.24, 2.45) is 0 Å². The lowest BCUT2D eigenvalue weighted by Crippen LogP contribution is -2.18. The third-order valence-electron chi connectivity index (χ3n) is 2.80. The predicted molar refractivity (Wildman–Crippen MR) is 65.3 cm³/mol. The fourth-order valence-corrected chi connectivity index (χ4v) is 1.98. The van der Waals surface area contributed by atoms with Crippen LogP contribution < -0.4 is 5.32 Å². The molecule has 2 rings (SSSR count). The minimum absolute atomic E-state index is 0.0653. The van der Waals surface area contributed by atoms with Crippen molar-refractivity contribution in [1.29, 1.82) is 0 Å². The second-order valence-electron chi connectivity index (χ2n) is 4.19. The monoisotopic (exact) mass is 233 g/mol. The maximum Gasteiger partial charge on any atom is 0.123 e. The summed E-state index contributed by atoms with van der Waals surface area (Å²) in [6, 6.07) is 8.94. The molecule has 0 amide bonds. The number of hydrogen-bond acceptors (Lipinski definition) is 2. The lowest BCUT2D eigenvalue weighted by atomic mass is 10.0. The molecule has 1 N–H and O–H groups in total. The first kappa shape index (κ1) is 11.9. The molecule has 2 nitrogen and oxygen atoms in total. The Morgan fingerprint density at radius 2 is 2.18 bits per heavy atom. The second-order valence-corrected chi connectivity index (χ2v) is 4.19. The first-order valence-corrected chi connectivity index (χ1v) is 5.66. The molecule has 0 bridgehead atoms. The smallest absolute Gasteiger partial charge is 0.123 e. The highest BCUT2D eigenvalue weighted by Crippen LogP contribution is 2.20. The van der Waals surface area contributed by atoms with E-state index in [9.17, 15) is 4.39 Å². The van der Waals surface area contributed by atoms with Gasteiger partial charge in [-0.3, -0.25) is 0 Å². The van der Waals surface area contributed by atoms with E-state index in [4.69, 9.17) is 4.42 Å². The molecule has 2 aromatic rings. The Bertz CT molecular complexity index is 459. The van der Waals surface area contributed by atoms with E-state index in [-0.39, 0.29) is 11.9 Å². The Morgan fingerprint density at radius 1 is 1.35 bits per heavy atom. The van der Waals surface area contributed by atoms with Crippen LogP contribution >= 0.6 is 0 Å². The van der Waals surface area contributed by atoms with Gasteiger partial charge in [-0.2, -0.15) is 0 Å². The van der Waals surface area contributed by atoms with Crippen LogP contribution in [0.3, 0.4) is 0 Å². The number of benzene rings is 1. The summed E-state index contributed by atoms with van der Waals surface area (Å²) in [4.78, 5) is 0. The molecular formula is C14H16FNO. The van der Waals surface area contributed by atoms with E-state index < -0.39 is 0 Å². The van der Waals surface area contributed by atoms with Gasteiger partial charge in [-0.1, -0.05) is 6.07 Å². The fourth-order valence-electron chi connectivity index (χ4n) is 1.98. The summed E-state index contributed by atoms with van der Waals surface area (Å²) in [5.74, 6) is 0.700. The largest absolute Gasteiger partial charge is 0.469 e. The molecule has 90 valence electrons. The van der Waals surface area contributed by atoms with Crippen LogP contribution in [-0.4, -0.2) is 7.05 Å². The van der Waals surface area contributed by atoms with Crippen LogP contribution in [0.2, 0.25) is 0 Å². The third-order valence-corrected chi connectivity index (χ3v) is 2.80. The molecule has 0 aliphatic carbocycles. The molecule has 1 aromatic carbocycles. The van der Waals surface area contributed by atoms with Gasteiger partial charge in [0.1, 0.15) is 11.6 Å². The number of furan rings is 1. The molecule has 1 unspecified atom stereocenters. The summed E-state index contributed by atoms with van der Waals surface area (Å²) >= 11 is 0. The van der Waals surface area contributed by atoms with Gasteiger partial charge in [-0.15, -0.1) is 0 Å². The van der Waals surface area contributed by atoms with Gasteiger partial charge in [0, 0.05) is 12.5 Å². The minimum Gasteiger partial charge on any atom is -0.469 e. The van der Waals surface area contributed by atoms with E-state index in [1.54, 1.807) is 12.3 Å². The van der Waals surface area contributed by atoms with Crippen LogP contribution in [0.5, 0.6) is 0 Å². The highest BCUT2D eigenvalue weighted by molar-refractivity contribution is 5.27. The van der Waals surface area contributed by atoms with Crippen molar-refractivity contribution in [3.8, 4) is 0 Å². The highest BCUT2D eigenvalue weighted by Gasteiger charge is 2.13. The minimum atomic E-state index is -0.195. The maximum absolute atomic E-state index is 13.4. The van der Waals surface area contributed by atoms with E-state index in [1.807, 2.05) is 32.2 Å². The second kappa shape index (κ2) is 5.15. The van der Waals surface area contributed by atoms with Gasteiger partial charge >= 0.3 is 0 Å². The lowest BCUT2D eigenvalue weighted by Gasteiger charge is -2.16. The summed E-state index contributed by atoms with van der Waals surface area (Å²) in [6.07, 6.45) is 2.37. The van der Waals surface area contributed by atoms with Crippen molar-refractivity contribution in [3.63, 3.8) is 0 Å². The van der Waals surface area contributed by atoms with Crippen LogP contribution in [-0.2, 0) is 6.42 Å². The van der Waals surface area contributed by atoms with E-state index in [0.29, 0.717) is 6.42 Å². The van der Waals surface area contributed by atoms with E-state index in [2.05, 4.69) is 5.32 Å². The Labute approximate surface area is 100 Å². The van der Waals surface area contributed by atoms with E-state index >= 15 is 0 Å². The number of rotatable bonds is 4. The molecule has 1 heterocycles. The topological polar surface area (TPSA) is 25.2 Å². The Kier molecular flexibility index (Phi) is 3.59. The zero-order valence-electron chi connectivity index (χ0n) is 10.0. The number of halogens is 1. The molecule has 1 aromatic heterocycles. The fraction of sp³-hybridized carbons (Fsp3) is 0.286. The summed E-state index contributed by atoms with van der Waals surface area (Å²) in [7, 11) is 1.87. The molecule has 3 heteroatoms. The molecule has 0 aliphatic heterocycles. The molecule has 0 spiro atoms. The quantitative estimate of drug-likeness (QED) is 0.877. The van der Waals surface area contributed by atoms with Crippen LogP contribution in [0, 0.1) is 12.7 Å². The van der Waals surface area contributed by atoms with Crippen molar-refractivity contribution in [3.05, 3.63) is 59.3 Å². The van der Waals surface area contributed by atoms with Gasteiger partial charge in [0.2, 0.25) is 0 Å². The van der Waals surface area contributed by atoms with Gasteiger partial charge < -0.3 is 9.73 Å². The molecule has 0 saturated heterocycles. The summed E-state index contributed by atoms with van der Waals surface area (Å²) < 4.78 is 18.7. The van der Waals surface area contributed by atoms with E-state index in [0.717, 1.165) is 16.9 Å². The van der Waals surface area contributed by atoms with Gasteiger partial charge in [-0.25, -0.2) is 4.39 Å². The Hall–Kier alpha value is -1.61. The van der Waals surface area contributed by atoms with E-state index in [1.165, 1.54) is 6.07 Å². The van der Waals surface area contributed by atoms with Crippen molar-refractivity contribution in [2.45, 2.75) is 19.4 Å². The zero-order chi connectivity index (χ0) is 12.3. The van der Waals surface area contributed by atoms with Gasteiger partial charge in [0.25, 0.3) is 0 Å². The highest BCUT2D eigenvalue weighted by atomic mass is 19.1. The predicted octanol–water partition coefficient (Wildman–Crippen LogP) is 3.23. The van der Waals surface area contributed by atoms with Gasteiger partial charge in [0.05, 0.1) is 6.26 Å². The van der Waals surface area contributed by atoms with Crippen LogP contribution in [0.1, 0.15) is 22.9 Å². The number of hydrogen-bond donors (Lipinski definition) is 1. The average molecular weight is 233 g/mol. The van der Waals surface area contributed by atoms with Crippen molar-refractivity contribution in [1.82, 2.24) is 5.32 Å². The standard InChI is InChI=1S/C14H16FNO/c1-10-6-11(8-12(15)7-10)14(16-2)9-13-4-3-5-17-13/h3-8,14,16H,9H2,1-2H3. The molecule has 0 fully saturated rings. The van der Waals surface area contributed by atoms with Crippen LogP contribution in [0.4, 0.5) is 4.39 Å². The first-order chi connectivity index (χ1) is 8.19. The normalized spacial score (nSPS) is 12.6. The van der Waals surface area contributed by atoms with Crippen LogP contribution in [0.25, 0.3) is 0 Å². The number of aryl methyl sites for hydroxylation is 1. The lowest BCUT2D eigenvalue weighted by molar-refractivity contribution is 0.464. The molecule has 0 aliphatic rings. The number of likely N-dealkylation sites (N-methyl/N-ethyl adjacent to an activating group) is 1. The summed E-state index contributed by atoms with van der Waals surface area (Å²) in [5, 5.41) is 3.18. The molecule has 0 saturated carbocycles. The maximum atomic E-state index is 13.4. The Morgan fingerprint density at radius 3 is 2.76 bits per heavy atom. The van der Waals surface area contributed by atoms with Crippen molar-refractivity contribution < 1.29 is 8.81 Å². The third kappa shape index (κ3) is 2.94. The van der Waals surface area contributed by atoms with Gasteiger partial charge in [-0.05, 0) is 49.4 Å². The summed E-state index contributed by atoms with van der Waals surface area (Å²) in [6.45, 7) is 1.90. The zero-order valence-corrected chi connectivity index (χ0v) is 10.0. The molecular weight excluding hydrogens is 217 g/mol. The molecule has 17 heavy (non-hydrogen) atoms. The summed E-state index contributed by atoms with van der Waals surface area (Å²) in [5.41, 5.74) is 1.88.